The number of carbonyl (C=O) groups is 4. The third kappa shape index (κ3) is 3.21. The number of Topliss-reactive ketones (excluding diaryl/α,β-unsaturated/α-hetero) is 3. The molecule has 6 heteroatoms. The summed E-state index contributed by atoms with van der Waals surface area (Å²) in [4.78, 5) is 54.1. The molecular formula is C17H20N2O4. The Morgan fingerprint density at radius 1 is 1.30 bits per heavy atom. The third-order valence-electron chi connectivity index (χ3n) is 4.34. The number of aromatic nitrogens is 1. The van der Waals surface area contributed by atoms with Crippen LogP contribution in [0.2, 0.25) is 0 Å². The molecule has 1 amide bonds. The summed E-state index contributed by atoms with van der Waals surface area (Å²) in [6, 6.07) is 2.44. The third-order valence-corrected chi connectivity index (χ3v) is 4.34. The lowest BCUT2D eigenvalue weighted by atomic mass is 9.78. The number of carbonyl (C=O) groups excluding carboxylic acids is 4. The molecule has 0 radical (unpaired) electrons. The molecule has 122 valence electrons. The number of nitrogens with zero attached hydrogens (tertiary/aromatic N) is 2. The molecule has 1 aromatic heterocycles. The molecule has 23 heavy (non-hydrogen) atoms. The number of aryl methyl sites for hydroxylation is 1. The van der Waals surface area contributed by atoms with Gasteiger partial charge in [0.25, 0.3) is 0 Å². The number of ketones is 3. The average Bonchev–Trinajstić information content (AvgIpc) is 2.49. The summed E-state index contributed by atoms with van der Waals surface area (Å²) in [6.07, 6.45) is 1.03. The zero-order valence-corrected chi connectivity index (χ0v) is 13.8. The highest BCUT2D eigenvalue weighted by Gasteiger charge is 2.47. The maximum atomic E-state index is 12.4. The van der Waals surface area contributed by atoms with Gasteiger partial charge >= 0.3 is 0 Å². The van der Waals surface area contributed by atoms with Crippen LogP contribution in [0, 0.1) is 12.3 Å². The van der Waals surface area contributed by atoms with Crippen LogP contribution in [0.5, 0.6) is 0 Å². The number of likely N-dealkylation sites (tertiary alicyclic amines) is 1. The Labute approximate surface area is 134 Å². The van der Waals surface area contributed by atoms with Crippen molar-refractivity contribution < 1.29 is 19.2 Å². The minimum absolute atomic E-state index is 0.0481. The number of hydrogen-bond donors (Lipinski definition) is 0. The lowest BCUT2D eigenvalue weighted by Crippen LogP contribution is -2.57. The second kappa shape index (κ2) is 6.02. The van der Waals surface area contributed by atoms with E-state index in [0.717, 1.165) is 5.69 Å². The Kier molecular flexibility index (Phi) is 4.45. The number of piperidine rings is 1. The van der Waals surface area contributed by atoms with E-state index in [1.165, 1.54) is 18.1 Å². The minimum Gasteiger partial charge on any atom is -0.334 e. The van der Waals surface area contributed by atoms with Crippen molar-refractivity contribution in [2.45, 2.75) is 39.7 Å². The highest BCUT2D eigenvalue weighted by atomic mass is 16.2. The van der Waals surface area contributed by atoms with E-state index in [1.807, 2.05) is 0 Å². The largest absolute Gasteiger partial charge is 0.334 e. The minimum atomic E-state index is -1.11. The summed E-state index contributed by atoms with van der Waals surface area (Å²) >= 11 is 0. The van der Waals surface area contributed by atoms with Gasteiger partial charge in [0.05, 0.1) is 12.5 Å². The highest BCUT2D eigenvalue weighted by Crippen LogP contribution is 2.30. The number of hydrogen-bond acceptors (Lipinski definition) is 5. The van der Waals surface area contributed by atoms with E-state index in [-0.39, 0.29) is 24.4 Å². The van der Waals surface area contributed by atoms with Crippen molar-refractivity contribution in [1.82, 2.24) is 9.88 Å². The van der Waals surface area contributed by atoms with Crippen molar-refractivity contribution >= 4 is 23.3 Å². The van der Waals surface area contributed by atoms with Gasteiger partial charge in [-0.3, -0.25) is 24.2 Å². The van der Waals surface area contributed by atoms with Gasteiger partial charge in [0.1, 0.15) is 11.2 Å². The van der Waals surface area contributed by atoms with Gasteiger partial charge in [-0.25, -0.2) is 0 Å². The fourth-order valence-corrected chi connectivity index (χ4v) is 2.61. The van der Waals surface area contributed by atoms with E-state index in [4.69, 9.17) is 0 Å². The molecule has 0 bridgehead atoms. The second-order valence-corrected chi connectivity index (χ2v) is 6.44. The zero-order valence-electron chi connectivity index (χ0n) is 13.8. The monoisotopic (exact) mass is 316 g/mol. The van der Waals surface area contributed by atoms with Gasteiger partial charge in [-0.2, -0.15) is 0 Å². The molecule has 0 aromatic carbocycles. The molecule has 2 rings (SSSR count). The maximum absolute atomic E-state index is 12.4. The summed E-state index contributed by atoms with van der Waals surface area (Å²) in [5.74, 6) is -1.45. The Hall–Kier alpha value is -2.37. The molecule has 1 saturated heterocycles. The first-order valence-corrected chi connectivity index (χ1v) is 7.43. The molecule has 0 saturated carbocycles. The van der Waals surface area contributed by atoms with E-state index in [2.05, 4.69) is 4.98 Å². The van der Waals surface area contributed by atoms with Gasteiger partial charge in [-0.15, -0.1) is 0 Å². The van der Waals surface area contributed by atoms with Crippen molar-refractivity contribution in [2.24, 2.45) is 5.41 Å². The van der Waals surface area contributed by atoms with Crippen molar-refractivity contribution in [3.63, 3.8) is 0 Å². The van der Waals surface area contributed by atoms with Gasteiger partial charge in [0, 0.05) is 30.9 Å². The molecule has 1 atom stereocenters. The smallest absolute Gasteiger partial charge is 0.236 e. The average molecular weight is 316 g/mol. The predicted octanol–water partition coefficient (Wildman–Crippen LogP) is 1.36. The summed E-state index contributed by atoms with van der Waals surface area (Å²) in [5.41, 5.74) is 0.00914. The predicted molar refractivity (Wildman–Crippen MR) is 82.9 cm³/mol. The number of pyridine rings is 1. The van der Waals surface area contributed by atoms with Crippen LogP contribution in [0.1, 0.15) is 42.7 Å². The molecule has 1 aromatic rings. The zero-order chi connectivity index (χ0) is 17.4. The Morgan fingerprint density at radius 3 is 2.52 bits per heavy atom. The molecule has 1 fully saturated rings. The molecular weight excluding hydrogens is 296 g/mol. The Bertz CT molecular complexity index is 676. The fourth-order valence-electron chi connectivity index (χ4n) is 2.61. The summed E-state index contributed by atoms with van der Waals surface area (Å²) < 4.78 is 0. The molecule has 1 unspecified atom stereocenters. The van der Waals surface area contributed by atoms with Gasteiger partial charge in [0.15, 0.2) is 11.6 Å². The van der Waals surface area contributed by atoms with Crippen LogP contribution in [0.3, 0.4) is 0 Å². The summed E-state index contributed by atoms with van der Waals surface area (Å²) in [5, 5.41) is 0. The van der Waals surface area contributed by atoms with Crippen LogP contribution >= 0.6 is 0 Å². The number of likely N-dealkylation sites (N-methyl/N-ethyl adjacent to an activating group) is 1. The molecule has 1 aliphatic heterocycles. The van der Waals surface area contributed by atoms with Crippen molar-refractivity contribution in [3.05, 3.63) is 29.6 Å². The van der Waals surface area contributed by atoms with E-state index >= 15 is 0 Å². The lowest BCUT2D eigenvalue weighted by molar-refractivity contribution is -0.157. The topological polar surface area (TPSA) is 84.4 Å². The van der Waals surface area contributed by atoms with Crippen LogP contribution in [0.15, 0.2) is 18.3 Å². The normalized spacial score (nSPS) is 20.5. The molecule has 1 aliphatic rings. The van der Waals surface area contributed by atoms with Crippen LogP contribution < -0.4 is 0 Å². The van der Waals surface area contributed by atoms with E-state index in [1.54, 1.807) is 32.9 Å². The van der Waals surface area contributed by atoms with Crippen molar-refractivity contribution in [2.75, 3.05) is 7.05 Å². The molecule has 6 nitrogen and oxygen atoms in total. The summed E-state index contributed by atoms with van der Waals surface area (Å²) in [7, 11) is 1.50. The highest BCUT2D eigenvalue weighted by molar-refractivity contribution is 6.14. The van der Waals surface area contributed by atoms with E-state index < -0.39 is 23.1 Å². The van der Waals surface area contributed by atoms with Crippen LogP contribution in [-0.4, -0.2) is 46.2 Å². The van der Waals surface area contributed by atoms with Crippen LogP contribution in [0.25, 0.3) is 0 Å². The number of amides is 1. The van der Waals surface area contributed by atoms with Crippen LogP contribution in [0.4, 0.5) is 0 Å². The number of rotatable bonds is 4. The fraction of sp³-hybridized carbons (Fsp3) is 0.471. The van der Waals surface area contributed by atoms with Crippen LogP contribution in [-0.2, 0) is 14.4 Å². The first-order chi connectivity index (χ1) is 10.6. The molecule has 2 heterocycles. The van der Waals surface area contributed by atoms with E-state index in [0.29, 0.717) is 5.56 Å². The SMILES string of the molecule is Cc1ccc(C(=O)CC(=O)C2CC(=O)C(C)(C)C(=O)N2C)cn1. The molecule has 0 spiro atoms. The van der Waals surface area contributed by atoms with Gasteiger partial charge < -0.3 is 4.90 Å². The first kappa shape index (κ1) is 17.0. The first-order valence-electron chi connectivity index (χ1n) is 7.43. The molecule has 0 aliphatic carbocycles. The van der Waals surface area contributed by atoms with Crippen molar-refractivity contribution in [1.29, 1.82) is 0 Å². The molecule has 0 N–H and O–H groups in total. The summed E-state index contributed by atoms with van der Waals surface area (Å²) in [6.45, 7) is 4.91. The quantitative estimate of drug-likeness (QED) is 0.618. The lowest BCUT2D eigenvalue weighted by Gasteiger charge is -2.38. The van der Waals surface area contributed by atoms with Gasteiger partial charge in [-0.05, 0) is 32.9 Å². The Balaban J connectivity index is 2.11. The Morgan fingerprint density at radius 2 is 1.96 bits per heavy atom. The second-order valence-electron chi connectivity index (χ2n) is 6.44. The van der Waals surface area contributed by atoms with Gasteiger partial charge in [0.2, 0.25) is 5.91 Å². The standard InChI is InChI=1S/C17H20N2O4/c1-10-5-6-11(9-18-10)13(20)8-14(21)12-7-15(22)17(2,3)16(23)19(12)4/h5-6,9,12H,7-8H2,1-4H3. The maximum Gasteiger partial charge on any atom is 0.236 e. The van der Waals surface area contributed by atoms with Gasteiger partial charge in [-0.1, -0.05) is 0 Å². The van der Waals surface area contributed by atoms with E-state index in [9.17, 15) is 19.2 Å². The van der Waals surface area contributed by atoms with Crippen molar-refractivity contribution in [3.8, 4) is 0 Å².